The third-order valence-electron chi connectivity index (χ3n) is 3.45. The van der Waals surface area contributed by atoms with Gasteiger partial charge in [-0.15, -0.1) is 5.10 Å². The number of hydrogen-bond acceptors (Lipinski definition) is 5. The van der Waals surface area contributed by atoms with Crippen molar-refractivity contribution in [2.24, 2.45) is 0 Å². The van der Waals surface area contributed by atoms with E-state index >= 15 is 0 Å². The molecular formula is C16H21Cl2N5. The second-order valence-electron chi connectivity index (χ2n) is 5.33. The lowest BCUT2D eigenvalue weighted by atomic mass is 10.1. The van der Waals surface area contributed by atoms with E-state index in [0.29, 0.717) is 28.4 Å². The van der Waals surface area contributed by atoms with Gasteiger partial charge in [0, 0.05) is 30.2 Å². The van der Waals surface area contributed by atoms with E-state index in [9.17, 15) is 0 Å². The molecule has 0 spiro atoms. The van der Waals surface area contributed by atoms with Crippen molar-refractivity contribution in [3.8, 4) is 0 Å². The molecule has 0 fully saturated rings. The molecular weight excluding hydrogens is 333 g/mol. The van der Waals surface area contributed by atoms with Crippen LogP contribution in [-0.4, -0.2) is 35.3 Å². The van der Waals surface area contributed by atoms with Gasteiger partial charge >= 0.3 is 0 Å². The number of nitrogens with one attached hydrogen (secondary N) is 1. The van der Waals surface area contributed by atoms with Crippen molar-refractivity contribution in [1.82, 2.24) is 15.2 Å². The topological polar surface area (TPSA) is 53.9 Å². The third kappa shape index (κ3) is 5.52. The van der Waals surface area contributed by atoms with Crippen molar-refractivity contribution in [2.45, 2.75) is 26.2 Å². The van der Waals surface area contributed by atoms with Gasteiger partial charge in [0.25, 0.3) is 0 Å². The fraction of sp³-hybridized carbons (Fsp3) is 0.438. The van der Waals surface area contributed by atoms with E-state index in [-0.39, 0.29) is 0 Å². The monoisotopic (exact) mass is 353 g/mol. The van der Waals surface area contributed by atoms with Gasteiger partial charge in [0.1, 0.15) is 0 Å². The van der Waals surface area contributed by atoms with Gasteiger partial charge in [-0.05, 0) is 30.5 Å². The van der Waals surface area contributed by atoms with Crippen LogP contribution in [0.25, 0.3) is 0 Å². The third-order valence-corrected chi connectivity index (χ3v) is 4.04. The molecule has 5 nitrogen and oxygen atoms in total. The minimum atomic E-state index is 0.632. The van der Waals surface area contributed by atoms with Crippen LogP contribution in [-0.2, 0) is 6.42 Å². The van der Waals surface area contributed by atoms with Gasteiger partial charge in [0.15, 0.2) is 5.82 Å². The number of aromatic nitrogens is 3. The predicted molar refractivity (Wildman–Crippen MR) is 96.7 cm³/mol. The molecule has 0 aliphatic carbocycles. The molecule has 0 aliphatic heterocycles. The van der Waals surface area contributed by atoms with Crippen LogP contribution in [0.15, 0.2) is 24.4 Å². The summed E-state index contributed by atoms with van der Waals surface area (Å²) in [6.45, 7) is 3.78. The van der Waals surface area contributed by atoms with Gasteiger partial charge in [0.05, 0.1) is 6.20 Å². The van der Waals surface area contributed by atoms with Crippen LogP contribution in [0.1, 0.15) is 25.3 Å². The highest BCUT2D eigenvalue weighted by molar-refractivity contribution is 6.35. The zero-order valence-corrected chi connectivity index (χ0v) is 14.9. The maximum absolute atomic E-state index is 6.17. The molecule has 1 aromatic heterocycles. The van der Waals surface area contributed by atoms with E-state index in [4.69, 9.17) is 23.2 Å². The zero-order valence-electron chi connectivity index (χ0n) is 13.4. The zero-order chi connectivity index (χ0) is 16.7. The number of hydrogen-bond donors (Lipinski definition) is 1. The fourth-order valence-corrected chi connectivity index (χ4v) is 2.59. The van der Waals surface area contributed by atoms with Crippen LogP contribution in [0.4, 0.5) is 11.8 Å². The van der Waals surface area contributed by atoms with Crippen molar-refractivity contribution in [3.63, 3.8) is 0 Å². The molecule has 1 aromatic carbocycles. The van der Waals surface area contributed by atoms with Gasteiger partial charge in [-0.25, -0.2) is 0 Å². The lowest BCUT2D eigenvalue weighted by Gasteiger charge is -2.16. The first kappa shape index (κ1) is 17.8. The molecule has 7 heteroatoms. The molecule has 2 aromatic rings. The smallest absolute Gasteiger partial charge is 0.247 e. The summed E-state index contributed by atoms with van der Waals surface area (Å²) in [4.78, 5) is 6.49. The standard InChI is InChI=1S/C16H21Cl2N5/c1-3-4-9-23(2)16-21-15(11-20-22-16)19-8-7-12-5-6-13(17)10-14(12)18/h5-6,10-11H,3-4,7-9H2,1-2H3,(H,19,21,22). The number of anilines is 2. The predicted octanol–water partition coefficient (Wildman–Crippen LogP) is 4.07. The van der Waals surface area contributed by atoms with Gasteiger partial charge < -0.3 is 10.2 Å². The van der Waals surface area contributed by atoms with Crippen LogP contribution in [0, 0.1) is 0 Å². The maximum Gasteiger partial charge on any atom is 0.247 e. The van der Waals surface area contributed by atoms with Crippen molar-refractivity contribution >= 4 is 35.0 Å². The minimum absolute atomic E-state index is 0.632. The van der Waals surface area contributed by atoms with Crippen LogP contribution in [0.3, 0.4) is 0 Å². The summed E-state index contributed by atoms with van der Waals surface area (Å²) < 4.78 is 0. The van der Waals surface area contributed by atoms with Gasteiger partial charge in [-0.3, -0.25) is 0 Å². The summed E-state index contributed by atoms with van der Waals surface area (Å²) in [5.74, 6) is 1.34. The summed E-state index contributed by atoms with van der Waals surface area (Å²) in [5, 5.41) is 12.7. The van der Waals surface area contributed by atoms with E-state index in [0.717, 1.165) is 31.4 Å². The summed E-state index contributed by atoms with van der Waals surface area (Å²) in [6, 6.07) is 5.54. The van der Waals surface area contributed by atoms with Crippen LogP contribution < -0.4 is 10.2 Å². The Labute approximate surface area is 147 Å². The molecule has 0 amide bonds. The van der Waals surface area contributed by atoms with Crippen molar-refractivity contribution in [2.75, 3.05) is 30.4 Å². The molecule has 0 saturated heterocycles. The number of unbranched alkanes of at least 4 members (excludes halogenated alkanes) is 1. The van der Waals surface area contributed by atoms with E-state index in [1.165, 1.54) is 0 Å². The Kier molecular flexibility index (Phi) is 6.86. The molecule has 1 heterocycles. The summed E-state index contributed by atoms with van der Waals surface area (Å²) in [7, 11) is 1.98. The van der Waals surface area contributed by atoms with E-state index in [1.54, 1.807) is 12.3 Å². The molecule has 2 rings (SSSR count). The van der Waals surface area contributed by atoms with Gasteiger partial charge in [-0.2, -0.15) is 10.1 Å². The second kappa shape index (κ2) is 8.89. The van der Waals surface area contributed by atoms with Crippen LogP contribution >= 0.6 is 23.2 Å². The summed E-state index contributed by atoms with van der Waals surface area (Å²) in [6.07, 6.45) is 4.64. The Bertz CT molecular complexity index is 636. The quantitative estimate of drug-likeness (QED) is 0.775. The molecule has 0 radical (unpaired) electrons. The van der Waals surface area contributed by atoms with Crippen molar-refractivity contribution in [3.05, 3.63) is 40.0 Å². The second-order valence-corrected chi connectivity index (χ2v) is 6.17. The number of benzene rings is 1. The Hall–Kier alpha value is -1.59. The molecule has 23 heavy (non-hydrogen) atoms. The highest BCUT2D eigenvalue weighted by Crippen LogP contribution is 2.21. The Morgan fingerprint density at radius 1 is 1.26 bits per heavy atom. The number of nitrogens with zero attached hydrogens (tertiary/aromatic N) is 4. The number of rotatable bonds is 8. The van der Waals surface area contributed by atoms with Crippen LogP contribution in [0.5, 0.6) is 0 Å². The van der Waals surface area contributed by atoms with E-state index in [2.05, 4.69) is 27.4 Å². The lowest BCUT2D eigenvalue weighted by molar-refractivity contribution is 0.740. The Balaban J connectivity index is 1.90. The number of halogens is 2. The lowest BCUT2D eigenvalue weighted by Crippen LogP contribution is -2.22. The first-order chi connectivity index (χ1) is 11.1. The van der Waals surface area contributed by atoms with Crippen molar-refractivity contribution < 1.29 is 0 Å². The summed E-state index contributed by atoms with van der Waals surface area (Å²) in [5.41, 5.74) is 1.05. The van der Waals surface area contributed by atoms with Gasteiger partial charge in [0.2, 0.25) is 5.95 Å². The summed E-state index contributed by atoms with van der Waals surface area (Å²) >= 11 is 12.1. The average Bonchev–Trinajstić information content (AvgIpc) is 2.55. The van der Waals surface area contributed by atoms with Crippen LogP contribution in [0.2, 0.25) is 10.0 Å². The maximum atomic E-state index is 6.17. The van der Waals surface area contributed by atoms with Crippen molar-refractivity contribution in [1.29, 1.82) is 0 Å². The molecule has 0 unspecified atom stereocenters. The van der Waals surface area contributed by atoms with Gasteiger partial charge in [-0.1, -0.05) is 42.6 Å². The largest absolute Gasteiger partial charge is 0.368 e. The Morgan fingerprint density at radius 3 is 2.83 bits per heavy atom. The SMILES string of the molecule is CCCCN(C)c1nncc(NCCc2ccc(Cl)cc2Cl)n1. The fourth-order valence-electron chi connectivity index (χ4n) is 2.09. The Morgan fingerprint density at radius 2 is 2.09 bits per heavy atom. The first-order valence-electron chi connectivity index (χ1n) is 7.68. The molecule has 0 saturated carbocycles. The molecule has 0 bridgehead atoms. The van der Waals surface area contributed by atoms with E-state index < -0.39 is 0 Å². The highest BCUT2D eigenvalue weighted by Gasteiger charge is 2.06. The normalized spacial score (nSPS) is 10.6. The first-order valence-corrected chi connectivity index (χ1v) is 8.44. The average molecular weight is 354 g/mol. The molecule has 0 atom stereocenters. The molecule has 124 valence electrons. The van der Waals surface area contributed by atoms with E-state index in [1.807, 2.05) is 24.1 Å². The minimum Gasteiger partial charge on any atom is -0.368 e. The highest BCUT2D eigenvalue weighted by atomic mass is 35.5. The molecule has 0 aliphatic rings. The molecule has 1 N–H and O–H groups in total.